The van der Waals surface area contributed by atoms with Gasteiger partial charge in [-0.3, -0.25) is 0 Å². The Hall–Kier alpha value is -1.26. The number of hydrogen-bond donors (Lipinski definition) is 2. The number of rotatable bonds is 2. The monoisotopic (exact) mass is 133 g/mol. The largest absolute Gasteiger partial charge is 0.479 e. The van der Waals surface area contributed by atoms with E-state index in [4.69, 9.17) is 5.11 Å². The van der Waals surface area contributed by atoms with Crippen LogP contribution in [-0.2, 0) is 9.53 Å². The van der Waals surface area contributed by atoms with Gasteiger partial charge < -0.3 is 15.2 Å². The first-order chi connectivity index (χ1) is 4.16. The molecule has 1 amide bonds. The molecule has 9 heavy (non-hydrogen) atoms. The molecule has 0 aliphatic carbocycles. The standard InChI is InChI=1S/C4H7NO4/c1-5-4(8)9-2-3(6)7/h2H2,1H3,(H,5,8)(H,6,7). The van der Waals surface area contributed by atoms with Gasteiger partial charge in [-0.05, 0) is 0 Å². The highest BCUT2D eigenvalue weighted by atomic mass is 16.6. The molecule has 0 aromatic carbocycles. The lowest BCUT2D eigenvalue weighted by molar-refractivity contribution is -0.140. The van der Waals surface area contributed by atoms with E-state index < -0.39 is 18.7 Å². The molecule has 0 heterocycles. The summed E-state index contributed by atoms with van der Waals surface area (Å²) >= 11 is 0. The van der Waals surface area contributed by atoms with Crippen LogP contribution in [0.25, 0.3) is 0 Å². The molecule has 0 radical (unpaired) electrons. The van der Waals surface area contributed by atoms with Crippen LogP contribution in [0.3, 0.4) is 0 Å². The zero-order valence-electron chi connectivity index (χ0n) is 4.88. The van der Waals surface area contributed by atoms with Gasteiger partial charge >= 0.3 is 12.1 Å². The Morgan fingerprint density at radius 1 is 1.67 bits per heavy atom. The molecule has 0 bridgehead atoms. The summed E-state index contributed by atoms with van der Waals surface area (Å²) < 4.78 is 4.10. The van der Waals surface area contributed by atoms with Crippen LogP contribution in [0.4, 0.5) is 4.79 Å². The second-order valence-corrected chi connectivity index (χ2v) is 1.22. The lowest BCUT2D eigenvalue weighted by atomic mass is 10.7. The minimum absolute atomic E-state index is 0.598. The summed E-state index contributed by atoms with van der Waals surface area (Å²) in [6.07, 6.45) is -0.739. The second kappa shape index (κ2) is 3.71. The van der Waals surface area contributed by atoms with Crippen LogP contribution in [0.15, 0.2) is 0 Å². The Bertz CT molecular complexity index is 122. The smallest absolute Gasteiger partial charge is 0.407 e. The van der Waals surface area contributed by atoms with Crippen molar-refractivity contribution in [1.82, 2.24) is 5.32 Å². The molecule has 52 valence electrons. The summed E-state index contributed by atoms with van der Waals surface area (Å²) in [6.45, 7) is -0.598. The van der Waals surface area contributed by atoms with Gasteiger partial charge in [0, 0.05) is 7.05 Å². The van der Waals surface area contributed by atoms with Gasteiger partial charge in [-0.15, -0.1) is 0 Å². The highest BCUT2D eigenvalue weighted by Crippen LogP contribution is 1.74. The van der Waals surface area contributed by atoms with Gasteiger partial charge in [0.05, 0.1) is 0 Å². The van der Waals surface area contributed by atoms with Gasteiger partial charge in [0.25, 0.3) is 0 Å². The maximum Gasteiger partial charge on any atom is 0.407 e. The molecule has 2 N–H and O–H groups in total. The summed E-state index contributed by atoms with van der Waals surface area (Å²) in [5.41, 5.74) is 0. The van der Waals surface area contributed by atoms with Crippen LogP contribution in [0, 0.1) is 0 Å². The van der Waals surface area contributed by atoms with Crippen LogP contribution in [0.5, 0.6) is 0 Å². The topological polar surface area (TPSA) is 75.6 Å². The van der Waals surface area contributed by atoms with Gasteiger partial charge in [-0.1, -0.05) is 0 Å². The first-order valence-electron chi connectivity index (χ1n) is 2.23. The molecule has 0 unspecified atom stereocenters. The lowest BCUT2D eigenvalue weighted by Gasteiger charge is -1.97. The number of nitrogens with one attached hydrogen (secondary N) is 1. The van der Waals surface area contributed by atoms with Crippen molar-refractivity contribution in [2.75, 3.05) is 13.7 Å². The summed E-state index contributed by atoms with van der Waals surface area (Å²) in [7, 11) is 1.35. The zero-order valence-corrected chi connectivity index (χ0v) is 4.88. The molecule has 5 heteroatoms. The number of carboxylic acid groups (broad SMARTS) is 1. The normalized spacial score (nSPS) is 8.11. The maximum absolute atomic E-state index is 10.1. The fourth-order valence-corrected chi connectivity index (χ4v) is 0.199. The number of carbonyl (C=O) groups is 2. The second-order valence-electron chi connectivity index (χ2n) is 1.22. The van der Waals surface area contributed by atoms with Crippen LogP contribution in [-0.4, -0.2) is 30.8 Å². The Labute approximate surface area is 51.6 Å². The van der Waals surface area contributed by atoms with Crippen molar-refractivity contribution in [2.24, 2.45) is 0 Å². The SMILES string of the molecule is CNC(=O)OCC(=O)O. The van der Waals surface area contributed by atoms with Crippen molar-refractivity contribution in [1.29, 1.82) is 0 Å². The first-order valence-corrected chi connectivity index (χ1v) is 2.23. The fourth-order valence-electron chi connectivity index (χ4n) is 0.199. The third kappa shape index (κ3) is 4.60. The summed E-state index contributed by atoms with van der Waals surface area (Å²) in [6, 6.07) is 0. The average Bonchev–Trinajstić information content (AvgIpc) is 1.83. The quantitative estimate of drug-likeness (QED) is 0.528. The average molecular weight is 133 g/mol. The molecule has 0 aromatic rings. The fraction of sp³-hybridized carbons (Fsp3) is 0.500. The number of ether oxygens (including phenoxy) is 1. The van der Waals surface area contributed by atoms with Crippen molar-refractivity contribution in [3.8, 4) is 0 Å². The minimum atomic E-state index is -1.17. The predicted molar refractivity (Wildman–Crippen MR) is 28.0 cm³/mol. The van der Waals surface area contributed by atoms with Crippen LogP contribution in [0.2, 0.25) is 0 Å². The van der Waals surface area contributed by atoms with Crippen molar-refractivity contribution in [2.45, 2.75) is 0 Å². The van der Waals surface area contributed by atoms with E-state index in [-0.39, 0.29) is 0 Å². The molecule has 0 atom stereocenters. The molecule has 0 aromatic heterocycles. The predicted octanol–water partition coefficient (Wildman–Crippen LogP) is -0.573. The Balaban J connectivity index is 3.28. The third-order valence-electron chi connectivity index (χ3n) is 0.531. The van der Waals surface area contributed by atoms with Crippen molar-refractivity contribution in [3.05, 3.63) is 0 Å². The summed E-state index contributed by atoms with van der Waals surface area (Å²) in [5, 5.41) is 10.0. The lowest BCUT2D eigenvalue weighted by Crippen LogP contribution is -2.22. The van der Waals surface area contributed by atoms with Gasteiger partial charge in [0.1, 0.15) is 0 Å². The van der Waals surface area contributed by atoms with Crippen LogP contribution >= 0.6 is 0 Å². The third-order valence-corrected chi connectivity index (χ3v) is 0.531. The molecule has 0 aliphatic rings. The highest BCUT2D eigenvalue weighted by molar-refractivity contribution is 5.73. The number of amides is 1. The molecule has 0 saturated carbocycles. The Morgan fingerprint density at radius 2 is 2.22 bits per heavy atom. The van der Waals surface area contributed by atoms with Gasteiger partial charge in [-0.25, -0.2) is 9.59 Å². The molecule has 0 aliphatic heterocycles. The van der Waals surface area contributed by atoms with Crippen molar-refractivity contribution in [3.63, 3.8) is 0 Å². The molecular formula is C4H7NO4. The summed E-state index contributed by atoms with van der Waals surface area (Å²) in [5.74, 6) is -1.17. The van der Waals surface area contributed by atoms with E-state index in [1.807, 2.05) is 0 Å². The molecule has 0 rings (SSSR count). The zero-order chi connectivity index (χ0) is 7.28. The molecule has 5 nitrogen and oxygen atoms in total. The number of alkyl carbamates (subject to hydrolysis) is 1. The van der Waals surface area contributed by atoms with Gasteiger partial charge in [0.2, 0.25) is 0 Å². The number of carbonyl (C=O) groups excluding carboxylic acids is 1. The minimum Gasteiger partial charge on any atom is -0.479 e. The van der Waals surface area contributed by atoms with Gasteiger partial charge in [-0.2, -0.15) is 0 Å². The van der Waals surface area contributed by atoms with E-state index in [0.29, 0.717) is 0 Å². The van der Waals surface area contributed by atoms with E-state index in [0.717, 1.165) is 0 Å². The Kier molecular flexibility index (Phi) is 3.19. The van der Waals surface area contributed by atoms with E-state index in [1.54, 1.807) is 0 Å². The van der Waals surface area contributed by atoms with Crippen molar-refractivity contribution < 1.29 is 19.4 Å². The van der Waals surface area contributed by atoms with Gasteiger partial charge in [0.15, 0.2) is 6.61 Å². The molecule has 0 spiro atoms. The maximum atomic E-state index is 10.1. The molecular weight excluding hydrogens is 126 g/mol. The van der Waals surface area contributed by atoms with Crippen molar-refractivity contribution >= 4 is 12.1 Å². The van der Waals surface area contributed by atoms with E-state index in [2.05, 4.69) is 10.1 Å². The number of carboxylic acids is 1. The van der Waals surface area contributed by atoms with Crippen LogP contribution in [0.1, 0.15) is 0 Å². The molecule has 0 fully saturated rings. The van der Waals surface area contributed by atoms with Crippen LogP contribution < -0.4 is 5.32 Å². The van der Waals surface area contributed by atoms with E-state index in [1.165, 1.54) is 7.05 Å². The van der Waals surface area contributed by atoms with E-state index in [9.17, 15) is 9.59 Å². The first kappa shape index (κ1) is 7.74. The molecule has 0 saturated heterocycles. The highest BCUT2D eigenvalue weighted by Gasteiger charge is 2.00. The van der Waals surface area contributed by atoms with E-state index >= 15 is 0 Å². The Morgan fingerprint density at radius 3 is 2.56 bits per heavy atom. The number of hydrogen-bond acceptors (Lipinski definition) is 3. The number of aliphatic carboxylic acids is 1. The summed E-state index contributed by atoms with van der Waals surface area (Å²) in [4.78, 5) is 19.8.